The lowest BCUT2D eigenvalue weighted by Gasteiger charge is -2.20. The molecule has 1 aliphatic rings. The van der Waals surface area contributed by atoms with Gasteiger partial charge in [0.2, 0.25) is 0 Å². The number of hydrogen-bond donors (Lipinski definition) is 3. The van der Waals surface area contributed by atoms with Gasteiger partial charge in [0, 0.05) is 35.6 Å². The fourth-order valence-electron chi connectivity index (χ4n) is 3.61. The molecule has 9 heteroatoms. The molecule has 3 N–H and O–H groups in total. The molecular formula is C24H24N6O2S. The van der Waals surface area contributed by atoms with Crippen molar-refractivity contribution in [3.05, 3.63) is 75.8 Å². The summed E-state index contributed by atoms with van der Waals surface area (Å²) in [6.45, 7) is 3.66. The quantitative estimate of drug-likeness (QED) is 0.530. The monoisotopic (exact) mass is 460 g/mol. The maximum absolute atomic E-state index is 12.8. The summed E-state index contributed by atoms with van der Waals surface area (Å²) in [6.07, 6.45) is 0.889. The number of amides is 3. The third kappa shape index (κ3) is 5.55. The number of nitrogens with zero attached hydrogens (tertiary/aromatic N) is 3. The van der Waals surface area contributed by atoms with Crippen molar-refractivity contribution in [2.24, 2.45) is 0 Å². The molecule has 0 saturated heterocycles. The van der Waals surface area contributed by atoms with E-state index in [9.17, 15) is 9.59 Å². The molecule has 0 unspecified atom stereocenters. The number of urea groups is 1. The molecule has 1 atom stereocenters. The maximum atomic E-state index is 12.8. The molecule has 0 radical (unpaired) electrons. The van der Waals surface area contributed by atoms with Gasteiger partial charge in [0.05, 0.1) is 23.4 Å². The first-order valence-electron chi connectivity index (χ1n) is 10.6. The number of anilines is 2. The van der Waals surface area contributed by atoms with Gasteiger partial charge in [-0.2, -0.15) is 5.26 Å². The number of likely N-dealkylation sites (N-methyl/N-ethyl adjacent to an activating group) is 1. The number of rotatable bonds is 5. The van der Waals surface area contributed by atoms with Gasteiger partial charge in [-0.3, -0.25) is 10.1 Å². The molecule has 8 nitrogen and oxygen atoms in total. The highest BCUT2D eigenvalue weighted by atomic mass is 32.1. The summed E-state index contributed by atoms with van der Waals surface area (Å²) >= 11 is 1.51. The fourth-order valence-corrected chi connectivity index (χ4v) is 4.69. The number of thiazole rings is 1. The summed E-state index contributed by atoms with van der Waals surface area (Å²) in [5.41, 5.74) is 3.35. The summed E-state index contributed by atoms with van der Waals surface area (Å²) in [6, 6.07) is 15.1. The second-order valence-electron chi connectivity index (χ2n) is 7.97. The number of aromatic nitrogens is 1. The fraction of sp³-hybridized carbons (Fsp3) is 0.250. The minimum atomic E-state index is -0.397. The molecule has 1 aromatic heterocycles. The molecule has 3 aromatic rings. The van der Waals surface area contributed by atoms with Crippen molar-refractivity contribution in [3.8, 4) is 6.07 Å². The second kappa shape index (κ2) is 9.81. The molecule has 33 heavy (non-hydrogen) atoms. The first-order chi connectivity index (χ1) is 15.9. The number of nitrogens with one attached hydrogen (secondary N) is 3. The topological polar surface area (TPSA) is 110 Å². The van der Waals surface area contributed by atoms with E-state index in [1.807, 2.05) is 19.1 Å². The van der Waals surface area contributed by atoms with Crippen LogP contribution in [0.2, 0.25) is 0 Å². The van der Waals surface area contributed by atoms with Gasteiger partial charge in [-0.25, -0.2) is 9.78 Å². The van der Waals surface area contributed by atoms with Crippen molar-refractivity contribution in [1.29, 1.82) is 5.26 Å². The number of carbonyl (C=O) groups excluding carboxylic acids is 2. The molecule has 2 heterocycles. The second-order valence-corrected chi connectivity index (χ2v) is 9.05. The number of hydrogen-bond acceptors (Lipinski definition) is 6. The molecule has 0 saturated carbocycles. The van der Waals surface area contributed by atoms with E-state index in [1.54, 1.807) is 42.5 Å². The molecule has 168 valence electrons. The molecule has 0 bridgehead atoms. The Kier molecular flexibility index (Phi) is 6.68. The summed E-state index contributed by atoms with van der Waals surface area (Å²) in [5.74, 6) is -0.235. The van der Waals surface area contributed by atoms with E-state index in [0.717, 1.165) is 30.8 Å². The van der Waals surface area contributed by atoms with Crippen molar-refractivity contribution >= 4 is 34.1 Å². The zero-order chi connectivity index (χ0) is 23.4. The molecule has 1 aliphatic heterocycles. The van der Waals surface area contributed by atoms with Crippen LogP contribution < -0.4 is 16.0 Å². The SMILES string of the molecule is C[C@H](NC(=O)Nc1cccc(C#N)c1)c1cccc(C(=O)Nc2nc3c(s2)CN(C)CC3)c1. The Morgan fingerprint density at radius 1 is 1.18 bits per heavy atom. The van der Waals surface area contributed by atoms with Crippen molar-refractivity contribution < 1.29 is 9.59 Å². The van der Waals surface area contributed by atoms with Crippen LogP contribution >= 0.6 is 11.3 Å². The molecule has 0 fully saturated rings. The largest absolute Gasteiger partial charge is 0.331 e. The van der Waals surface area contributed by atoms with Crippen LogP contribution in [0.1, 0.15) is 45.0 Å². The summed E-state index contributed by atoms with van der Waals surface area (Å²) in [4.78, 5) is 33.2. The molecule has 0 spiro atoms. The number of fused-ring (bicyclic) bond motifs is 1. The lowest BCUT2D eigenvalue weighted by atomic mass is 10.0. The number of nitriles is 1. The molecular weight excluding hydrogens is 436 g/mol. The Morgan fingerprint density at radius 3 is 2.82 bits per heavy atom. The van der Waals surface area contributed by atoms with E-state index in [2.05, 4.69) is 32.9 Å². The highest BCUT2D eigenvalue weighted by molar-refractivity contribution is 7.15. The third-order valence-electron chi connectivity index (χ3n) is 5.39. The van der Waals surface area contributed by atoms with Crippen LogP contribution in [0.5, 0.6) is 0 Å². The van der Waals surface area contributed by atoms with Crippen molar-refractivity contribution in [2.75, 3.05) is 24.2 Å². The van der Waals surface area contributed by atoms with Gasteiger partial charge in [-0.1, -0.05) is 18.2 Å². The molecule has 2 aromatic carbocycles. The van der Waals surface area contributed by atoms with E-state index in [4.69, 9.17) is 5.26 Å². The highest BCUT2D eigenvalue weighted by Crippen LogP contribution is 2.28. The molecule has 0 aliphatic carbocycles. The normalized spacial score (nSPS) is 14.0. The number of benzene rings is 2. The van der Waals surface area contributed by atoms with Gasteiger partial charge in [-0.15, -0.1) is 11.3 Å². The minimum Gasteiger partial charge on any atom is -0.331 e. The predicted octanol–water partition coefficient (Wildman–Crippen LogP) is 4.14. The Balaban J connectivity index is 1.39. The minimum absolute atomic E-state index is 0.235. The first kappa shape index (κ1) is 22.5. The first-order valence-corrected chi connectivity index (χ1v) is 11.4. The van der Waals surface area contributed by atoms with Crippen molar-refractivity contribution in [1.82, 2.24) is 15.2 Å². The average Bonchev–Trinajstić information content (AvgIpc) is 3.20. The highest BCUT2D eigenvalue weighted by Gasteiger charge is 2.20. The van der Waals surface area contributed by atoms with E-state index in [1.165, 1.54) is 16.2 Å². The predicted molar refractivity (Wildman–Crippen MR) is 128 cm³/mol. The van der Waals surface area contributed by atoms with Crippen LogP contribution in [0.15, 0.2) is 48.5 Å². The van der Waals surface area contributed by atoms with Crippen LogP contribution in [-0.2, 0) is 13.0 Å². The van der Waals surface area contributed by atoms with Crippen LogP contribution in [0, 0.1) is 11.3 Å². The van der Waals surface area contributed by atoms with Crippen LogP contribution in [0.25, 0.3) is 0 Å². The summed E-state index contributed by atoms with van der Waals surface area (Å²) in [7, 11) is 2.07. The summed E-state index contributed by atoms with van der Waals surface area (Å²) in [5, 5.41) is 18.1. The van der Waals surface area contributed by atoms with E-state index < -0.39 is 6.03 Å². The van der Waals surface area contributed by atoms with Crippen LogP contribution in [-0.4, -0.2) is 35.4 Å². The Hall–Kier alpha value is -3.74. The van der Waals surface area contributed by atoms with Gasteiger partial charge >= 0.3 is 6.03 Å². The maximum Gasteiger partial charge on any atom is 0.319 e. The Bertz CT molecular complexity index is 1230. The number of carbonyl (C=O) groups is 2. The van der Waals surface area contributed by atoms with Crippen molar-refractivity contribution in [2.45, 2.75) is 25.9 Å². The van der Waals surface area contributed by atoms with Gasteiger partial charge in [0.1, 0.15) is 0 Å². The molecule has 4 rings (SSSR count). The zero-order valence-electron chi connectivity index (χ0n) is 18.4. The zero-order valence-corrected chi connectivity index (χ0v) is 19.2. The van der Waals surface area contributed by atoms with E-state index in [-0.39, 0.29) is 11.9 Å². The van der Waals surface area contributed by atoms with E-state index in [0.29, 0.717) is 21.9 Å². The van der Waals surface area contributed by atoms with Gasteiger partial charge in [0.15, 0.2) is 5.13 Å². The van der Waals surface area contributed by atoms with Crippen LogP contribution in [0.4, 0.5) is 15.6 Å². The lowest BCUT2D eigenvalue weighted by molar-refractivity contribution is 0.102. The smallest absolute Gasteiger partial charge is 0.319 e. The average molecular weight is 461 g/mol. The van der Waals surface area contributed by atoms with Gasteiger partial charge in [0.25, 0.3) is 5.91 Å². The summed E-state index contributed by atoms with van der Waals surface area (Å²) < 4.78 is 0. The molecule has 3 amide bonds. The van der Waals surface area contributed by atoms with Gasteiger partial charge in [-0.05, 0) is 49.9 Å². The Labute approximate surface area is 196 Å². The van der Waals surface area contributed by atoms with Crippen molar-refractivity contribution in [3.63, 3.8) is 0 Å². The van der Waals surface area contributed by atoms with E-state index >= 15 is 0 Å². The lowest BCUT2D eigenvalue weighted by Crippen LogP contribution is -2.31. The standard InChI is InChI=1S/C24H24N6O2S/c1-15(26-23(32)27-19-8-3-5-16(11-19)13-25)17-6-4-7-18(12-17)22(31)29-24-28-20-9-10-30(2)14-21(20)33-24/h3-8,11-12,15H,9-10,14H2,1-2H3,(H2,26,27,32)(H,28,29,31)/t15-/m0/s1. The Morgan fingerprint density at radius 2 is 2.00 bits per heavy atom. The van der Waals surface area contributed by atoms with Gasteiger partial charge < -0.3 is 15.5 Å². The van der Waals surface area contributed by atoms with Crippen LogP contribution in [0.3, 0.4) is 0 Å². The third-order valence-corrected chi connectivity index (χ3v) is 6.39.